The van der Waals surface area contributed by atoms with Gasteiger partial charge in [-0.05, 0) is 35.8 Å². The Bertz CT molecular complexity index is 466. The van der Waals surface area contributed by atoms with Gasteiger partial charge in [0.25, 0.3) is 0 Å². The van der Waals surface area contributed by atoms with Gasteiger partial charge in [-0.15, -0.1) is 0 Å². The molecule has 2 heterocycles. The van der Waals surface area contributed by atoms with Gasteiger partial charge in [-0.1, -0.05) is 0 Å². The molecule has 0 unspecified atom stereocenters. The SMILES string of the molecule is CNc1nc(N2CCN(C)CC2)nc(C2CC2)c1Br. The molecule has 0 spiro atoms. The van der Waals surface area contributed by atoms with Crippen molar-refractivity contribution in [2.75, 3.05) is 50.5 Å². The van der Waals surface area contributed by atoms with Crippen LogP contribution in [0, 0.1) is 0 Å². The van der Waals surface area contributed by atoms with Crippen molar-refractivity contribution in [2.45, 2.75) is 18.8 Å². The molecule has 0 bridgehead atoms. The van der Waals surface area contributed by atoms with Gasteiger partial charge in [-0.3, -0.25) is 0 Å². The minimum absolute atomic E-state index is 0.621. The Morgan fingerprint density at radius 1 is 1.16 bits per heavy atom. The number of halogens is 1. The molecule has 0 amide bonds. The predicted octanol–water partition coefficient (Wildman–Crippen LogP) is 1.91. The van der Waals surface area contributed by atoms with Gasteiger partial charge >= 0.3 is 0 Å². The number of nitrogens with zero attached hydrogens (tertiary/aromatic N) is 4. The highest BCUT2D eigenvalue weighted by Gasteiger charge is 2.30. The number of hydrogen-bond acceptors (Lipinski definition) is 5. The van der Waals surface area contributed by atoms with Crippen molar-refractivity contribution in [3.8, 4) is 0 Å². The first-order chi connectivity index (χ1) is 9.19. The zero-order valence-corrected chi connectivity index (χ0v) is 13.1. The van der Waals surface area contributed by atoms with Gasteiger partial charge in [0.05, 0.1) is 10.2 Å². The molecule has 1 saturated carbocycles. The molecule has 6 heteroatoms. The van der Waals surface area contributed by atoms with Crippen LogP contribution in [0.25, 0.3) is 0 Å². The van der Waals surface area contributed by atoms with Gasteiger partial charge in [0.2, 0.25) is 5.95 Å². The van der Waals surface area contributed by atoms with E-state index in [9.17, 15) is 0 Å². The van der Waals surface area contributed by atoms with E-state index in [1.165, 1.54) is 18.5 Å². The van der Waals surface area contributed by atoms with Gasteiger partial charge in [0, 0.05) is 39.1 Å². The number of anilines is 2. The predicted molar refractivity (Wildman–Crippen MR) is 81.0 cm³/mol. The number of rotatable bonds is 3. The topological polar surface area (TPSA) is 44.3 Å². The molecule has 1 saturated heterocycles. The number of piperazine rings is 1. The van der Waals surface area contributed by atoms with E-state index < -0.39 is 0 Å². The summed E-state index contributed by atoms with van der Waals surface area (Å²) in [6.07, 6.45) is 2.50. The van der Waals surface area contributed by atoms with E-state index in [4.69, 9.17) is 4.98 Å². The number of aromatic nitrogens is 2. The summed E-state index contributed by atoms with van der Waals surface area (Å²) in [5.74, 6) is 2.41. The third kappa shape index (κ3) is 2.69. The van der Waals surface area contributed by atoms with E-state index in [1.54, 1.807) is 0 Å². The quantitative estimate of drug-likeness (QED) is 0.919. The lowest BCUT2D eigenvalue weighted by Gasteiger charge is -2.32. The fraction of sp³-hybridized carbons (Fsp3) is 0.692. The lowest BCUT2D eigenvalue weighted by Crippen LogP contribution is -2.45. The molecule has 3 rings (SSSR count). The Hall–Kier alpha value is -0.880. The molecule has 1 aromatic heterocycles. The average molecular weight is 326 g/mol. The Kier molecular flexibility index (Phi) is 3.62. The van der Waals surface area contributed by atoms with Crippen molar-refractivity contribution in [1.82, 2.24) is 14.9 Å². The van der Waals surface area contributed by atoms with Crippen LogP contribution in [-0.4, -0.2) is 55.1 Å². The molecular formula is C13H20BrN5. The molecule has 0 aromatic carbocycles. The molecule has 0 atom stereocenters. The van der Waals surface area contributed by atoms with Gasteiger partial charge < -0.3 is 15.1 Å². The molecular weight excluding hydrogens is 306 g/mol. The van der Waals surface area contributed by atoms with Crippen LogP contribution >= 0.6 is 15.9 Å². The third-order valence-corrected chi connectivity index (χ3v) is 4.63. The maximum Gasteiger partial charge on any atom is 0.227 e. The van der Waals surface area contributed by atoms with Gasteiger partial charge in [-0.2, -0.15) is 4.98 Å². The Morgan fingerprint density at radius 2 is 1.84 bits per heavy atom. The van der Waals surface area contributed by atoms with E-state index >= 15 is 0 Å². The summed E-state index contributed by atoms with van der Waals surface area (Å²) in [6, 6.07) is 0. The summed E-state index contributed by atoms with van der Waals surface area (Å²) in [7, 11) is 4.08. The molecule has 1 aromatic rings. The Balaban J connectivity index is 1.90. The van der Waals surface area contributed by atoms with E-state index in [0.29, 0.717) is 5.92 Å². The summed E-state index contributed by atoms with van der Waals surface area (Å²) >= 11 is 3.64. The zero-order valence-electron chi connectivity index (χ0n) is 11.5. The fourth-order valence-electron chi connectivity index (χ4n) is 2.39. The second-order valence-corrected chi connectivity index (χ2v) is 6.18. The Labute approximate surface area is 122 Å². The lowest BCUT2D eigenvalue weighted by molar-refractivity contribution is 0.311. The van der Waals surface area contributed by atoms with Crippen LogP contribution in [0.2, 0.25) is 0 Å². The van der Waals surface area contributed by atoms with Crippen LogP contribution in [0.1, 0.15) is 24.5 Å². The molecule has 0 radical (unpaired) electrons. The van der Waals surface area contributed by atoms with Gasteiger partial charge in [0.1, 0.15) is 5.82 Å². The highest BCUT2D eigenvalue weighted by Crippen LogP contribution is 2.44. The largest absolute Gasteiger partial charge is 0.372 e. The van der Waals surface area contributed by atoms with Crippen LogP contribution in [-0.2, 0) is 0 Å². The van der Waals surface area contributed by atoms with Crippen LogP contribution < -0.4 is 10.2 Å². The van der Waals surface area contributed by atoms with Crippen LogP contribution in [0.15, 0.2) is 4.47 Å². The second-order valence-electron chi connectivity index (χ2n) is 5.39. The van der Waals surface area contributed by atoms with E-state index in [1.807, 2.05) is 7.05 Å². The molecule has 2 fully saturated rings. The Morgan fingerprint density at radius 3 is 2.42 bits per heavy atom. The molecule has 104 valence electrons. The van der Waals surface area contributed by atoms with E-state index in [-0.39, 0.29) is 0 Å². The number of nitrogens with one attached hydrogen (secondary N) is 1. The summed E-state index contributed by atoms with van der Waals surface area (Å²) < 4.78 is 1.04. The number of hydrogen-bond donors (Lipinski definition) is 1. The van der Waals surface area contributed by atoms with Crippen molar-refractivity contribution >= 4 is 27.7 Å². The molecule has 1 N–H and O–H groups in total. The van der Waals surface area contributed by atoms with E-state index in [0.717, 1.165) is 42.4 Å². The van der Waals surface area contributed by atoms with Crippen LogP contribution in [0.3, 0.4) is 0 Å². The minimum Gasteiger partial charge on any atom is -0.372 e. The molecule has 19 heavy (non-hydrogen) atoms. The fourth-order valence-corrected chi connectivity index (χ4v) is 3.09. The highest BCUT2D eigenvalue weighted by atomic mass is 79.9. The molecule has 1 aliphatic carbocycles. The van der Waals surface area contributed by atoms with Crippen LogP contribution in [0.5, 0.6) is 0 Å². The maximum atomic E-state index is 4.80. The standard InChI is InChI=1S/C13H20BrN5/c1-15-12-10(14)11(9-3-4-9)16-13(17-12)19-7-5-18(2)6-8-19/h9H,3-8H2,1-2H3,(H,15,16,17). The van der Waals surface area contributed by atoms with Crippen molar-refractivity contribution < 1.29 is 0 Å². The molecule has 5 nitrogen and oxygen atoms in total. The normalized spacial score (nSPS) is 20.7. The van der Waals surface area contributed by atoms with Crippen molar-refractivity contribution in [1.29, 1.82) is 0 Å². The van der Waals surface area contributed by atoms with E-state index in [2.05, 4.69) is 43.1 Å². The lowest BCUT2D eigenvalue weighted by atomic mass is 10.2. The van der Waals surface area contributed by atoms with Gasteiger partial charge in [0.15, 0.2) is 0 Å². The van der Waals surface area contributed by atoms with Crippen molar-refractivity contribution in [2.24, 2.45) is 0 Å². The first kappa shape index (κ1) is 13.1. The third-order valence-electron chi connectivity index (χ3n) is 3.85. The summed E-state index contributed by atoms with van der Waals surface area (Å²) in [6.45, 7) is 4.16. The summed E-state index contributed by atoms with van der Waals surface area (Å²) in [4.78, 5) is 14.1. The van der Waals surface area contributed by atoms with Crippen molar-refractivity contribution in [3.05, 3.63) is 10.2 Å². The molecule has 1 aliphatic heterocycles. The molecule has 2 aliphatic rings. The average Bonchev–Trinajstić information content (AvgIpc) is 3.24. The first-order valence-corrected chi connectivity index (χ1v) is 7.67. The maximum absolute atomic E-state index is 4.80. The van der Waals surface area contributed by atoms with Crippen molar-refractivity contribution in [3.63, 3.8) is 0 Å². The number of likely N-dealkylation sites (N-methyl/N-ethyl adjacent to an activating group) is 1. The highest BCUT2D eigenvalue weighted by molar-refractivity contribution is 9.10. The van der Waals surface area contributed by atoms with Crippen LogP contribution in [0.4, 0.5) is 11.8 Å². The summed E-state index contributed by atoms with van der Waals surface area (Å²) in [5.41, 5.74) is 1.17. The zero-order chi connectivity index (χ0) is 13.4. The monoisotopic (exact) mass is 325 g/mol. The smallest absolute Gasteiger partial charge is 0.227 e. The van der Waals surface area contributed by atoms with Gasteiger partial charge in [-0.25, -0.2) is 4.98 Å². The first-order valence-electron chi connectivity index (χ1n) is 6.87. The summed E-state index contributed by atoms with van der Waals surface area (Å²) in [5, 5.41) is 3.17. The second kappa shape index (κ2) is 5.25. The minimum atomic E-state index is 0.621.